The Balaban J connectivity index is 1.72. The molecule has 0 radical (unpaired) electrons. The van der Waals surface area contributed by atoms with E-state index in [0.717, 1.165) is 0 Å². The number of halogens is 4. The lowest BCUT2D eigenvalue weighted by molar-refractivity contribution is -0.153. The average Bonchev–Trinajstić information content (AvgIpc) is 3.24. The summed E-state index contributed by atoms with van der Waals surface area (Å²) in [6.45, 7) is 5.57. The maximum atomic E-state index is 13.8. The van der Waals surface area contributed by atoms with E-state index < -0.39 is 45.8 Å². The molecule has 42 heavy (non-hydrogen) atoms. The number of sulfone groups is 1. The molecule has 4 rings (SSSR count). The maximum Gasteiger partial charge on any atom is 0.422 e. The number of pyridine rings is 1. The number of rotatable bonds is 12. The van der Waals surface area contributed by atoms with Gasteiger partial charge in [-0.05, 0) is 27.7 Å². The van der Waals surface area contributed by atoms with Crippen molar-refractivity contribution in [2.24, 2.45) is 0 Å². The number of alkyl halides is 3. The summed E-state index contributed by atoms with van der Waals surface area (Å²) in [6.07, 6.45) is -1.99. The van der Waals surface area contributed by atoms with Crippen LogP contribution in [0.1, 0.15) is 51.5 Å². The minimum atomic E-state index is -4.58. The summed E-state index contributed by atoms with van der Waals surface area (Å²) in [4.78, 5) is 12.6. The van der Waals surface area contributed by atoms with Crippen molar-refractivity contribution in [1.29, 1.82) is 0 Å². The van der Waals surface area contributed by atoms with Crippen LogP contribution in [-0.4, -0.2) is 82.1 Å². The van der Waals surface area contributed by atoms with E-state index in [4.69, 9.17) is 30.5 Å². The summed E-state index contributed by atoms with van der Waals surface area (Å²) >= 11 is 5.91. The number of fused-ring (bicyclic) bond motifs is 3. The highest BCUT2D eigenvalue weighted by molar-refractivity contribution is 7.91. The van der Waals surface area contributed by atoms with Gasteiger partial charge in [0.25, 0.3) is 0 Å². The van der Waals surface area contributed by atoms with Crippen LogP contribution in [0, 0.1) is 0 Å². The summed E-state index contributed by atoms with van der Waals surface area (Å²) in [5.41, 5.74) is 0.0495. The topological polar surface area (TPSA) is 140 Å². The molecule has 12 nitrogen and oxygen atoms in total. The smallest absolute Gasteiger partial charge is 0.422 e. The molecule has 230 valence electrons. The molecule has 17 heteroatoms. The first kappa shape index (κ1) is 31.8. The van der Waals surface area contributed by atoms with Gasteiger partial charge in [-0.15, -0.1) is 10.2 Å². The minimum absolute atomic E-state index is 0.0495. The Morgan fingerprint density at radius 3 is 2.52 bits per heavy atom. The van der Waals surface area contributed by atoms with Crippen molar-refractivity contribution in [3.63, 3.8) is 0 Å². The third-order valence-corrected chi connectivity index (χ3v) is 8.41. The molecule has 1 aliphatic heterocycles. The summed E-state index contributed by atoms with van der Waals surface area (Å²) in [5.74, 6) is -0.517. The fraction of sp³-hybridized carbons (Fsp3) is 0.560. The first-order chi connectivity index (χ1) is 19.8. The SMILES string of the molecule is CCOC[C@H]1COc2c(OCC(F)(F)F)ccnc2-c2nnc(CS(=O)(=O)[C@@H](C)[C@@H](OC(C)C)c3ncc(Cl)cn3)n21. The Morgan fingerprint density at radius 1 is 1.17 bits per heavy atom. The molecule has 3 aromatic rings. The molecule has 0 bridgehead atoms. The summed E-state index contributed by atoms with van der Waals surface area (Å²) in [5, 5.41) is 7.50. The number of hydrogen-bond acceptors (Lipinski definition) is 11. The van der Waals surface area contributed by atoms with Gasteiger partial charge in [0.15, 0.2) is 45.3 Å². The molecule has 3 atom stereocenters. The molecule has 1 aliphatic rings. The molecule has 0 saturated carbocycles. The molecule has 0 amide bonds. The van der Waals surface area contributed by atoms with Gasteiger partial charge in [0.05, 0.1) is 29.0 Å². The fourth-order valence-corrected chi connectivity index (χ4v) is 5.72. The molecule has 3 aromatic heterocycles. The maximum absolute atomic E-state index is 13.8. The van der Waals surface area contributed by atoms with Crippen LogP contribution >= 0.6 is 11.6 Å². The standard InChI is InChI=1S/C25H30ClF3N6O6S/c1-5-38-10-17-11-39-22-18(40-13-25(27,28)29)6-7-30-20(22)24-34-33-19(35(17)24)12-42(36,37)15(4)21(41-14(2)3)23-31-8-16(26)9-32-23/h6-9,14-15,17,21H,5,10-13H2,1-4H3/t15-,17-,21+/m0/s1. The number of ether oxygens (including phenoxy) is 4. The second-order valence-electron chi connectivity index (χ2n) is 9.70. The van der Waals surface area contributed by atoms with Gasteiger partial charge < -0.3 is 18.9 Å². The second kappa shape index (κ2) is 13.1. The summed E-state index contributed by atoms with van der Waals surface area (Å²) in [7, 11) is -4.00. The lowest BCUT2D eigenvalue weighted by Gasteiger charge is -2.25. The largest absolute Gasteiger partial charge is 0.485 e. The van der Waals surface area contributed by atoms with Crippen LogP contribution in [0.4, 0.5) is 13.2 Å². The minimum Gasteiger partial charge on any atom is -0.485 e. The Kier molecular flexibility index (Phi) is 9.90. The Morgan fingerprint density at radius 2 is 1.88 bits per heavy atom. The van der Waals surface area contributed by atoms with E-state index >= 15 is 0 Å². The van der Waals surface area contributed by atoms with Crippen molar-refractivity contribution >= 4 is 21.4 Å². The molecule has 4 heterocycles. The van der Waals surface area contributed by atoms with Crippen LogP contribution in [0.15, 0.2) is 24.7 Å². The average molecular weight is 635 g/mol. The third kappa shape index (κ3) is 7.46. The zero-order valence-electron chi connectivity index (χ0n) is 23.2. The molecule has 0 spiro atoms. The van der Waals surface area contributed by atoms with Crippen LogP contribution in [0.5, 0.6) is 11.5 Å². The molecule has 0 fully saturated rings. The lowest BCUT2D eigenvalue weighted by Crippen LogP contribution is -2.32. The molecule has 0 saturated heterocycles. The van der Waals surface area contributed by atoms with Crippen LogP contribution in [0.25, 0.3) is 11.5 Å². The van der Waals surface area contributed by atoms with Gasteiger partial charge >= 0.3 is 6.18 Å². The van der Waals surface area contributed by atoms with Crippen LogP contribution in [0.2, 0.25) is 5.02 Å². The number of hydrogen-bond donors (Lipinski definition) is 0. The predicted octanol–water partition coefficient (Wildman–Crippen LogP) is 4.16. The Bertz CT molecular complexity index is 1470. The molecule has 0 N–H and O–H groups in total. The van der Waals surface area contributed by atoms with E-state index in [1.165, 1.54) is 36.1 Å². The third-order valence-electron chi connectivity index (χ3n) is 6.17. The Labute approximate surface area is 245 Å². The van der Waals surface area contributed by atoms with E-state index in [-0.39, 0.29) is 59.0 Å². The van der Waals surface area contributed by atoms with Crippen molar-refractivity contribution in [3.05, 3.63) is 41.3 Å². The van der Waals surface area contributed by atoms with Gasteiger partial charge in [-0.2, -0.15) is 13.2 Å². The van der Waals surface area contributed by atoms with Crippen LogP contribution in [0.3, 0.4) is 0 Å². The van der Waals surface area contributed by atoms with Gasteiger partial charge in [0, 0.05) is 31.3 Å². The molecular formula is C25H30ClF3N6O6S. The van der Waals surface area contributed by atoms with E-state index in [1.54, 1.807) is 20.8 Å². The first-order valence-electron chi connectivity index (χ1n) is 13.0. The molecule has 0 aromatic carbocycles. The summed E-state index contributed by atoms with van der Waals surface area (Å²) in [6, 6.07) is 0.608. The van der Waals surface area contributed by atoms with Crippen molar-refractivity contribution < 1.29 is 40.5 Å². The highest BCUT2D eigenvalue weighted by Gasteiger charge is 2.38. The van der Waals surface area contributed by atoms with E-state index in [2.05, 4.69) is 25.1 Å². The van der Waals surface area contributed by atoms with Crippen LogP contribution < -0.4 is 9.47 Å². The highest BCUT2D eigenvalue weighted by Crippen LogP contribution is 2.40. The predicted molar refractivity (Wildman–Crippen MR) is 144 cm³/mol. The van der Waals surface area contributed by atoms with E-state index in [0.29, 0.717) is 6.61 Å². The van der Waals surface area contributed by atoms with Gasteiger partial charge in [0.1, 0.15) is 24.3 Å². The lowest BCUT2D eigenvalue weighted by atomic mass is 10.2. The zero-order chi connectivity index (χ0) is 30.7. The van der Waals surface area contributed by atoms with Crippen molar-refractivity contribution in [3.8, 4) is 23.0 Å². The second-order valence-corrected chi connectivity index (χ2v) is 12.5. The summed E-state index contributed by atoms with van der Waals surface area (Å²) < 4.78 is 90.1. The fourth-order valence-electron chi connectivity index (χ4n) is 4.24. The van der Waals surface area contributed by atoms with Crippen molar-refractivity contribution in [2.45, 2.75) is 63.1 Å². The van der Waals surface area contributed by atoms with Gasteiger partial charge in [-0.3, -0.25) is 4.57 Å². The van der Waals surface area contributed by atoms with Gasteiger partial charge in [-0.1, -0.05) is 11.6 Å². The normalized spacial score (nSPS) is 16.7. The monoisotopic (exact) mass is 634 g/mol. The number of aromatic nitrogens is 6. The Hall–Kier alpha value is -3.08. The molecule has 0 unspecified atom stereocenters. The zero-order valence-corrected chi connectivity index (χ0v) is 24.8. The molecule has 0 aliphatic carbocycles. The van der Waals surface area contributed by atoms with Crippen molar-refractivity contribution in [1.82, 2.24) is 29.7 Å². The highest BCUT2D eigenvalue weighted by atomic mass is 35.5. The first-order valence-corrected chi connectivity index (χ1v) is 15.1. The van der Waals surface area contributed by atoms with Gasteiger partial charge in [0.2, 0.25) is 0 Å². The van der Waals surface area contributed by atoms with E-state index in [9.17, 15) is 21.6 Å². The van der Waals surface area contributed by atoms with E-state index in [1.807, 2.05) is 0 Å². The van der Waals surface area contributed by atoms with Crippen molar-refractivity contribution in [2.75, 3.05) is 26.4 Å². The molecular weight excluding hydrogens is 605 g/mol. The number of nitrogens with zero attached hydrogens (tertiary/aromatic N) is 6. The quantitative estimate of drug-likeness (QED) is 0.283. The van der Waals surface area contributed by atoms with Crippen LogP contribution in [-0.2, 0) is 25.1 Å². The van der Waals surface area contributed by atoms with Gasteiger partial charge in [-0.25, -0.2) is 23.4 Å².